The van der Waals surface area contributed by atoms with Crippen molar-refractivity contribution in [1.82, 2.24) is 5.10 Å². The minimum atomic E-state index is -4.94. The zero-order valence-corrected chi connectivity index (χ0v) is 11.4. The van der Waals surface area contributed by atoms with Gasteiger partial charge in [-0.15, -0.1) is 10.2 Å². The second kappa shape index (κ2) is 6.66. The number of anilines is 2. The summed E-state index contributed by atoms with van der Waals surface area (Å²) in [6.45, 7) is 0. The van der Waals surface area contributed by atoms with E-state index in [0.717, 1.165) is 5.69 Å². The Bertz CT molecular complexity index is 571. The van der Waals surface area contributed by atoms with Gasteiger partial charge in [-0.2, -0.15) is 0 Å². The Balaban J connectivity index is 0.000000347. The van der Waals surface area contributed by atoms with Gasteiger partial charge in [-0.25, -0.2) is 18.6 Å². The maximum atomic E-state index is 8.49. The highest BCUT2D eigenvalue weighted by Crippen LogP contribution is 2.21. The minimum absolute atomic E-state index is 0.328. The first-order valence-corrected chi connectivity index (χ1v) is 6.60. The topological polar surface area (TPSA) is 161 Å². The van der Waals surface area contributed by atoms with Crippen molar-refractivity contribution in [2.45, 2.75) is 0 Å². The van der Waals surface area contributed by atoms with Crippen LogP contribution in [0.25, 0.3) is 5.69 Å². The van der Waals surface area contributed by atoms with Crippen LogP contribution in [0.4, 0.5) is 11.5 Å². The number of benzene rings is 1. The van der Waals surface area contributed by atoms with Crippen LogP contribution in [0.1, 0.15) is 0 Å². The summed E-state index contributed by atoms with van der Waals surface area (Å²) in [6.07, 6.45) is 1.48. The van der Waals surface area contributed by atoms with E-state index < -0.39 is 10.2 Å². The molecule has 0 aliphatic carbocycles. The van der Waals surface area contributed by atoms with Crippen molar-refractivity contribution in [2.75, 3.05) is 11.5 Å². The van der Waals surface area contributed by atoms with Crippen molar-refractivity contribution in [2.24, 2.45) is 0 Å². The molecule has 1 aromatic heterocycles. The molecular weight excluding hydrogens is 311 g/mol. The molecule has 4 N–H and O–H groups in total. The largest absolute Gasteiger partial charge is 0.396 e. The van der Waals surface area contributed by atoms with Gasteiger partial charge in [-0.3, -0.25) is 5.73 Å². The first-order valence-electron chi connectivity index (χ1n) is 4.99. The predicted octanol–water partition coefficient (Wildman–Crippen LogP) is -3.58. The Morgan fingerprint density at radius 3 is 2.05 bits per heavy atom. The fourth-order valence-corrected chi connectivity index (χ4v) is 1.38. The second-order valence-electron chi connectivity index (χ2n) is 3.42. The molecule has 0 spiro atoms. The molecule has 108 valence electrons. The molecule has 2 rings (SSSR count). The third-order valence-corrected chi connectivity index (χ3v) is 2.43. The predicted molar refractivity (Wildman–Crippen MR) is 59.6 cm³/mol. The van der Waals surface area contributed by atoms with E-state index >= 15 is 0 Å². The second-order valence-corrected chi connectivity index (χ2v) is 4.56. The van der Waals surface area contributed by atoms with Gasteiger partial charge in [0.2, 0.25) is 0 Å². The summed E-state index contributed by atoms with van der Waals surface area (Å²) in [5, 5.41) is 4.42. The van der Waals surface area contributed by atoms with Gasteiger partial charge in [0.1, 0.15) is 0 Å². The van der Waals surface area contributed by atoms with Crippen molar-refractivity contribution in [3.05, 3.63) is 41.6 Å². The summed E-state index contributed by atoms with van der Waals surface area (Å²) in [5.41, 5.74) is 12.6. The van der Waals surface area contributed by atoms with Crippen LogP contribution in [0, 0.1) is 10.2 Å². The van der Waals surface area contributed by atoms with Gasteiger partial charge in [-0.05, 0) is 12.1 Å². The molecule has 10 heteroatoms. The lowest BCUT2D eigenvalue weighted by Gasteiger charge is -2.17. The third-order valence-electron chi connectivity index (χ3n) is 2.02. The van der Waals surface area contributed by atoms with E-state index in [4.69, 9.17) is 41.7 Å². The highest BCUT2D eigenvalue weighted by molar-refractivity contribution is 6.34. The molecular formula is C10H10Cl2N4O4. The zero-order valence-electron chi connectivity index (χ0n) is 9.90. The molecule has 2 aromatic rings. The highest BCUT2D eigenvalue weighted by atomic mass is 35.7. The van der Waals surface area contributed by atoms with E-state index in [-0.39, 0.29) is 0 Å². The van der Waals surface area contributed by atoms with Crippen LogP contribution in [-0.4, -0.2) is 5.10 Å². The molecule has 20 heavy (non-hydrogen) atoms. The smallest absolute Gasteiger partial charge is 0.319 e. The van der Waals surface area contributed by atoms with E-state index in [0.29, 0.717) is 16.5 Å². The maximum Gasteiger partial charge on any atom is 0.319 e. The van der Waals surface area contributed by atoms with Gasteiger partial charge in [-0.1, -0.05) is 39.6 Å². The summed E-state index contributed by atoms with van der Waals surface area (Å²) in [4.78, 5) is 0. The van der Waals surface area contributed by atoms with Crippen LogP contribution >= 0.6 is 11.6 Å². The Kier molecular flexibility index (Phi) is 5.45. The van der Waals surface area contributed by atoms with E-state index in [1.165, 1.54) is 6.20 Å². The van der Waals surface area contributed by atoms with Gasteiger partial charge >= 0.3 is 5.82 Å². The summed E-state index contributed by atoms with van der Waals surface area (Å²) in [7, 11) is -4.94. The molecule has 0 bridgehead atoms. The zero-order chi connectivity index (χ0) is 15.3. The Morgan fingerprint density at radius 2 is 1.55 bits per heavy atom. The van der Waals surface area contributed by atoms with Crippen molar-refractivity contribution >= 4 is 23.1 Å². The van der Waals surface area contributed by atoms with Gasteiger partial charge in [0.25, 0.3) is 0 Å². The summed E-state index contributed by atoms with van der Waals surface area (Å²) >= 11 is 5.92. The number of hydrogen-bond donors (Lipinski definition) is 2. The van der Waals surface area contributed by atoms with E-state index in [9.17, 15) is 0 Å². The van der Waals surface area contributed by atoms with Crippen LogP contribution in [-0.2, 0) is 0 Å². The van der Waals surface area contributed by atoms with Crippen LogP contribution in [0.2, 0.25) is 5.02 Å². The van der Waals surface area contributed by atoms with Crippen LogP contribution < -0.4 is 34.8 Å². The van der Waals surface area contributed by atoms with Crippen LogP contribution in [0.15, 0.2) is 36.5 Å². The minimum Gasteiger partial charge on any atom is -0.396 e. The number of aromatic nitrogens is 2. The number of hydrogen-bond acceptors (Lipinski definition) is 7. The standard InChI is InChI=1S/C10H9ClN4.ClHO4/c11-9-8(12)6-14-15(10(9)13)7-4-2-1-3-5-7;2-1(3,4)5/h1-6H,(H3,12,13);(H,2,3,4,5). The number of nitrogen functional groups attached to an aromatic ring is 2. The number of nitrogens with zero attached hydrogens (tertiary/aromatic N) is 2. The van der Waals surface area contributed by atoms with Gasteiger partial charge in [0.05, 0.1) is 11.9 Å². The van der Waals surface area contributed by atoms with Crippen molar-refractivity contribution in [3.63, 3.8) is 0 Å². The summed E-state index contributed by atoms with van der Waals surface area (Å²) < 4.78 is 35.5. The number of para-hydroxylation sites is 1. The first kappa shape index (κ1) is 16.4. The Hall–Kier alpha value is -1.68. The molecule has 0 unspecified atom stereocenters. The number of rotatable bonds is 1. The fourth-order valence-electron chi connectivity index (χ4n) is 1.25. The summed E-state index contributed by atoms with van der Waals surface area (Å²) in [5.74, 6) is 0.336. The normalized spacial score (nSPS) is 10.7. The van der Waals surface area contributed by atoms with Crippen molar-refractivity contribution < 1.29 is 33.6 Å². The molecule has 1 heterocycles. The average Bonchev–Trinajstić information content (AvgIpc) is 2.35. The quantitative estimate of drug-likeness (QED) is 0.513. The molecule has 0 fully saturated rings. The molecule has 0 saturated carbocycles. The van der Waals surface area contributed by atoms with Gasteiger partial charge in [0.15, 0.2) is 10.7 Å². The lowest BCUT2D eigenvalue weighted by atomic mass is 10.3. The molecule has 0 atom stereocenters. The monoisotopic (exact) mass is 320 g/mol. The third kappa shape index (κ3) is 5.13. The van der Waals surface area contributed by atoms with Crippen molar-refractivity contribution in [3.8, 4) is 5.69 Å². The molecule has 8 nitrogen and oxygen atoms in total. The molecule has 0 amide bonds. The maximum absolute atomic E-state index is 8.49. The lowest BCUT2D eigenvalue weighted by Crippen LogP contribution is -2.68. The van der Waals surface area contributed by atoms with E-state index in [1.54, 1.807) is 4.68 Å². The van der Waals surface area contributed by atoms with Gasteiger partial charge in [0, 0.05) is 0 Å². The van der Waals surface area contributed by atoms with Gasteiger partial charge < -0.3 is 5.73 Å². The number of nitrogens with two attached hydrogens (primary N) is 2. The molecule has 0 radical (unpaired) electrons. The summed E-state index contributed by atoms with van der Waals surface area (Å²) in [6, 6.07) is 9.48. The van der Waals surface area contributed by atoms with Crippen LogP contribution in [0.5, 0.6) is 0 Å². The number of halogens is 2. The molecule has 0 aliphatic rings. The Labute approximate surface area is 121 Å². The molecule has 1 aromatic carbocycles. The van der Waals surface area contributed by atoms with Crippen molar-refractivity contribution in [1.29, 1.82) is 0 Å². The first-order chi connectivity index (χ1) is 9.20. The van der Waals surface area contributed by atoms with E-state index in [1.807, 2.05) is 30.3 Å². The fraction of sp³-hybridized carbons (Fsp3) is 0. The van der Waals surface area contributed by atoms with Crippen LogP contribution in [0.3, 0.4) is 0 Å². The highest BCUT2D eigenvalue weighted by Gasteiger charge is 2.15. The Morgan fingerprint density at radius 1 is 1.05 bits per heavy atom. The lowest BCUT2D eigenvalue weighted by molar-refractivity contribution is -2.00. The average molecular weight is 321 g/mol. The van der Waals surface area contributed by atoms with E-state index in [2.05, 4.69) is 5.10 Å². The molecule has 0 aliphatic heterocycles. The SMILES string of the molecule is Nc1cn[n+](-c2ccccc2)c(N)c1Cl.[O-][Cl+3]([O-])([O-])[O-]. The molecule has 0 saturated heterocycles.